The molecule has 70 valence electrons. The SMILES string of the molecule is C1CCC(C2=NCCN2)C1.CC. The van der Waals surface area contributed by atoms with Gasteiger partial charge in [-0.25, -0.2) is 0 Å². The summed E-state index contributed by atoms with van der Waals surface area (Å²) in [5.41, 5.74) is 0. The van der Waals surface area contributed by atoms with Crippen LogP contribution in [0.1, 0.15) is 39.5 Å². The average Bonchev–Trinajstić information content (AvgIpc) is 2.80. The number of rotatable bonds is 1. The van der Waals surface area contributed by atoms with Crippen LogP contribution in [0.3, 0.4) is 0 Å². The van der Waals surface area contributed by atoms with Crippen LogP contribution in [0.25, 0.3) is 0 Å². The van der Waals surface area contributed by atoms with E-state index in [-0.39, 0.29) is 0 Å². The monoisotopic (exact) mass is 168 g/mol. The quantitative estimate of drug-likeness (QED) is 0.638. The summed E-state index contributed by atoms with van der Waals surface area (Å²) in [5, 5.41) is 3.35. The van der Waals surface area contributed by atoms with Crippen molar-refractivity contribution in [1.29, 1.82) is 0 Å². The molecular weight excluding hydrogens is 148 g/mol. The van der Waals surface area contributed by atoms with Gasteiger partial charge >= 0.3 is 0 Å². The Bertz CT molecular complexity index is 146. The summed E-state index contributed by atoms with van der Waals surface area (Å²) >= 11 is 0. The third-order valence-corrected chi connectivity index (χ3v) is 2.44. The molecule has 1 fully saturated rings. The van der Waals surface area contributed by atoms with Crippen LogP contribution >= 0.6 is 0 Å². The molecule has 12 heavy (non-hydrogen) atoms. The molecule has 0 aromatic rings. The smallest absolute Gasteiger partial charge is 0.0995 e. The summed E-state index contributed by atoms with van der Waals surface area (Å²) in [7, 11) is 0. The maximum absolute atomic E-state index is 4.42. The van der Waals surface area contributed by atoms with Crippen molar-refractivity contribution in [1.82, 2.24) is 5.32 Å². The summed E-state index contributed by atoms with van der Waals surface area (Å²) in [6.45, 7) is 6.08. The molecule has 2 nitrogen and oxygen atoms in total. The normalized spacial score (nSPS) is 22.7. The van der Waals surface area contributed by atoms with E-state index < -0.39 is 0 Å². The van der Waals surface area contributed by atoms with Crippen molar-refractivity contribution in [2.45, 2.75) is 39.5 Å². The maximum Gasteiger partial charge on any atom is 0.0995 e. The van der Waals surface area contributed by atoms with Crippen LogP contribution in [0, 0.1) is 5.92 Å². The Kier molecular flexibility index (Phi) is 4.12. The van der Waals surface area contributed by atoms with Crippen molar-refractivity contribution in [3.8, 4) is 0 Å². The molecule has 0 aromatic carbocycles. The number of aliphatic imine (C=N–C) groups is 1. The van der Waals surface area contributed by atoms with Gasteiger partial charge in [-0.3, -0.25) is 4.99 Å². The van der Waals surface area contributed by atoms with Crippen LogP contribution in [0.5, 0.6) is 0 Å². The number of hydrogen-bond acceptors (Lipinski definition) is 2. The zero-order valence-corrected chi connectivity index (χ0v) is 8.27. The molecule has 0 spiro atoms. The number of nitrogens with zero attached hydrogens (tertiary/aromatic N) is 1. The highest BCUT2D eigenvalue weighted by atomic mass is 15.1. The molecule has 0 aromatic heterocycles. The molecular formula is C10H20N2. The molecule has 1 N–H and O–H groups in total. The van der Waals surface area contributed by atoms with E-state index in [1.807, 2.05) is 13.8 Å². The van der Waals surface area contributed by atoms with Gasteiger partial charge in [-0.15, -0.1) is 0 Å². The van der Waals surface area contributed by atoms with Gasteiger partial charge in [0.25, 0.3) is 0 Å². The molecule has 1 aliphatic heterocycles. The summed E-state index contributed by atoms with van der Waals surface area (Å²) in [6, 6.07) is 0. The van der Waals surface area contributed by atoms with E-state index in [2.05, 4.69) is 10.3 Å². The number of hydrogen-bond donors (Lipinski definition) is 1. The van der Waals surface area contributed by atoms with E-state index in [0.29, 0.717) is 0 Å². The van der Waals surface area contributed by atoms with Crippen LogP contribution in [-0.2, 0) is 0 Å². The Balaban J connectivity index is 0.000000336. The van der Waals surface area contributed by atoms with E-state index in [1.165, 1.54) is 31.5 Å². The second-order valence-electron chi connectivity index (χ2n) is 3.18. The van der Waals surface area contributed by atoms with Crippen LogP contribution in [0.4, 0.5) is 0 Å². The molecule has 0 atom stereocenters. The van der Waals surface area contributed by atoms with Crippen molar-refractivity contribution >= 4 is 5.84 Å². The molecule has 2 heteroatoms. The van der Waals surface area contributed by atoms with Gasteiger partial charge in [0.1, 0.15) is 0 Å². The fourth-order valence-electron chi connectivity index (χ4n) is 1.89. The molecule has 0 bridgehead atoms. The largest absolute Gasteiger partial charge is 0.372 e. The standard InChI is InChI=1S/C8H14N2.C2H6/c1-2-4-7(3-1)8-9-5-6-10-8;1-2/h7H,1-6H2,(H,9,10);1-2H3. The van der Waals surface area contributed by atoms with Gasteiger partial charge in [-0.05, 0) is 12.8 Å². The first kappa shape index (κ1) is 9.56. The lowest BCUT2D eigenvalue weighted by atomic mass is 10.1. The first-order valence-electron chi connectivity index (χ1n) is 5.25. The van der Waals surface area contributed by atoms with Gasteiger partial charge < -0.3 is 5.32 Å². The molecule has 0 amide bonds. The Morgan fingerprint density at radius 1 is 1.25 bits per heavy atom. The summed E-state index contributed by atoms with van der Waals surface area (Å²) in [4.78, 5) is 4.42. The minimum Gasteiger partial charge on any atom is -0.372 e. The minimum atomic E-state index is 0.794. The second-order valence-corrected chi connectivity index (χ2v) is 3.18. The second kappa shape index (κ2) is 5.18. The van der Waals surface area contributed by atoms with Crippen molar-refractivity contribution in [2.24, 2.45) is 10.9 Å². The summed E-state index contributed by atoms with van der Waals surface area (Å²) < 4.78 is 0. The highest BCUT2D eigenvalue weighted by Crippen LogP contribution is 2.25. The van der Waals surface area contributed by atoms with Gasteiger partial charge in [0.2, 0.25) is 0 Å². The van der Waals surface area contributed by atoms with Gasteiger partial charge in [0.15, 0.2) is 0 Å². The molecule has 1 heterocycles. The topological polar surface area (TPSA) is 24.4 Å². The fourth-order valence-corrected chi connectivity index (χ4v) is 1.89. The summed E-state index contributed by atoms with van der Waals surface area (Å²) in [5.74, 6) is 2.10. The first-order valence-corrected chi connectivity index (χ1v) is 5.25. The Morgan fingerprint density at radius 2 is 1.92 bits per heavy atom. The van der Waals surface area contributed by atoms with Crippen LogP contribution in [0.15, 0.2) is 4.99 Å². The van der Waals surface area contributed by atoms with Crippen molar-refractivity contribution in [3.63, 3.8) is 0 Å². The lowest BCUT2D eigenvalue weighted by molar-refractivity contribution is 0.708. The lowest BCUT2D eigenvalue weighted by Gasteiger charge is -2.08. The zero-order chi connectivity index (χ0) is 8.81. The predicted octanol–water partition coefficient (Wildman–Crippen LogP) is 2.20. The van der Waals surface area contributed by atoms with Gasteiger partial charge in [-0.2, -0.15) is 0 Å². The Labute approximate surface area is 75.5 Å². The Hall–Kier alpha value is -0.530. The molecule has 0 saturated heterocycles. The number of amidine groups is 1. The van der Waals surface area contributed by atoms with Gasteiger partial charge in [0.05, 0.1) is 12.4 Å². The summed E-state index contributed by atoms with van der Waals surface area (Å²) in [6.07, 6.45) is 5.55. The number of nitrogens with one attached hydrogen (secondary N) is 1. The van der Waals surface area contributed by atoms with E-state index in [0.717, 1.165) is 19.0 Å². The van der Waals surface area contributed by atoms with Crippen LogP contribution in [-0.4, -0.2) is 18.9 Å². The lowest BCUT2D eigenvalue weighted by Crippen LogP contribution is -2.25. The third kappa shape index (κ3) is 2.23. The van der Waals surface area contributed by atoms with E-state index in [9.17, 15) is 0 Å². The molecule has 0 radical (unpaired) electrons. The minimum absolute atomic E-state index is 0.794. The molecule has 1 saturated carbocycles. The van der Waals surface area contributed by atoms with E-state index >= 15 is 0 Å². The predicted molar refractivity (Wildman–Crippen MR) is 53.6 cm³/mol. The van der Waals surface area contributed by atoms with Gasteiger partial charge in [-0.1, -0.05) is 26.7 Å². The van der Waals surface area contributed by atoms with Crippen molar-refractivity contribution in [2.75, 3.05) is 13.1 Å². The zero-order valence-electron chi connectivity index (χ0n) is 8.27. The van der Waals surface area contributed by atoms with E-state index in [1.54, 1.807) is 0 Å². The molecule has 2 aliphatic rings. The fraction of sp³-hybridized carbons (Fsp3) is 0.900. The highest BCUT2D eigenvalue weighted by molar-refractivity contribution is 5.86. The molecule has 1 aliphatic carbocycles. The molecule has 0 unspecified atom stereocenters. The van der Waals surface area contributed by atoms with E-state index in [4.69, 9.17) is 0 Å². The highest BCUT2D eigenvalue weighted by Gasteiger charge is 2.21. The van der Waals surface area contributed by atoms with Crippen LogP contribution < -0.4 is 5.32 Å². The average molecular weight is 168 g/mol. The van der Waals surface area contributed by atoms with Crippen molar-refractivity contribution in [3.05, 3.63) is 0 Å². The third-order valence-electron chi connectivity index (χ3n) is 2.44. The maximum atomic E-state index is 4.42. The first-order chi connectivity index (χ1) is 5.97. The molecule has 2 rings (SSSR count). The Morgan fingerprint density at radius 3 is 2.42 bits per heavy atom. The van der Waals surface area contributed by atoms with Crippen LogP contribution in [0.2, 0.25) is 0 Å². The van der Waals surface area contributed by atoms with Gasteiger partial charge in [0, 0.05) is 12.5 Å². The van der Waals surface area contributed by atoms with Crippen molar-refractivity contribution < 1.29 is 0 Å².